The van der Waals surface area contributed by atoms with E-state index in [1.165, 1.54) is 4.52 Å². The fourth-order valence-electron chi connectivity index (χ4n) is 1.56. The zero-order chi connectivity index (χ0) is 12.3. The summed E-state index contributed by atoms with van der Waals surface area (Å²) in [5, 5.41) is 13.4. The first-order valence-electron chi connectivity index (χ1n) is 5.59. The van der Waals surface area contributed by atoms with Gasteiger partial charge in [-0.3, -0.25) is 0 Å². The Labute approximate surface area is 98.0 Å². The minimum atomic E-state index is -0.335. The van der Waals surface area contributed by atoms with Crippen LogP contribution in [0.25, 0.3) is 5.65 Å². The zero-order valence-corrected chi connectivity index (χ0v) is 9.68. The molecule has 7 heteroatoms. The molecule has 0 radical (unpaired) electrons. The van der Waals surface area contributed by atoms with Crippen LogP contribution in [0.1, 0.15) is 13.3 Å². The average molecular weight is 236 g/mol. The summed E-state index contributed by atoms with van der Waals surface area (Å²) in [6, 6.07) is 3.53. The molecule has 2 rings (SSSR count). The molecule has 1 atom stereocenters. The second-order valence-electron chi connectivity index (χ2n) is 4.08. The summed E-state index contributed by atoms with van der Waals surface area (Å²) in [4.78, 5) is 11.3. The lowest BCUT2D eigenvalue weighted by Crippen LogP contribution is -2.18. The number of aromatic nitrogens is 4. The van der Waals surface area contributed by atoms with Crippen molar-refractivity contribution in [3.05, 3.63) is 22.6 Å². The lowest BCUT2D eigenvalue weighted by Gasteiger charge is -2.11. The molecule has 0 aliphatic rings. The molecule has 17 heavy (non-hydrogen) atoms. The van der Waals surface area contributed by atoms with E-state index in [2.05, 4.69) is 27.5 Å². The molecule has 0 saturated heterocycles. The highest BCUT2D eigenvalue weighted by Crippen LogP contribution is 2.05. The predicted molar refractivity (Wildman–Crippen MR) is 64.9 cm³/mol. The lowest BCUT2D eigenvalue weighted by molar-refractivity contribution is 0.567. The zero-order valence-electron chi connectivity index (χ0n) is 9.68. The van der Waals surface area contributed by atoms with Crippen molar-refractivity contribution in [1.82, 2.24) is 19.8 Å². The molecule has 0 spiro atoms. The van der Waals surface area contributed by atoms with E-state index in [0.717, 1.165) is 13.0 Å². The molecular formula is C10H16N6O. The first kappa shape index (κ1) is 11.6. The molecule has 0 fully saturated rings. The van der Waals surface area contributed by atoms with Gasteiger partial charge < -0.3 is 11.1 Å². The van der Waals surface area contributed by atoms with E-state index in [1.54, 1.807) is 12.1 Å². The normalized spacial score (nSPS) is 12.8. The molecule has 2 heterocycles. The SMILES string of the molecule is CC(CCN)CNc1ccc2n[nH]c(=O)n2n1. The summed E-state index contributed by atoms with van der Waals surface area (Å²) in [5.74, 6) is 1.13. The molecule has 0 bridgehead atoms. The van der Waals surface area contributed by atoms with Crippen LogP contribution in [0.5, 0.6) is 0 Å². The number of H-pyrrole nitrogens is 1. The molecular weight excluding hydrogens is 220 g/mol. The van der Waals surface area contributed by atoms with Crippen LogP contribution in [0.2, 0.25) is 0 Å². The van der Waals surface area contributed by atoms with Gasteiger partial charge in [0.2, 0.25) is 0 Å². The van der Waals surface area contributed by atoms with Crippen LogP contribution in [-0.2, 0) is 0 Å². The van der Waals surface area contributed by atoms with Gasteiger partial charge in [0.1, 0.15) is 5.82 Å². The van der Waals surface area contributed by atoms with Gasteiger partial charge in [-0.25, -0.2) is 9.89 Å². The van der Waals surface area contributed by atoms with E-state index >= 15 is 0 Å². The molecule has 1 unspecified atom stereocenters. The van der Waals surface area contributed by atoms with E-state index in [0.29, 0.717) is 23.9 Å². The maximum absolute atomic E-state index is 11.3. The van der Waals surface area contributed by atoms with Crippen LogP contribution in [0, 0.1) is 5.92 Å². The van der Waals surface area contributed by atoms with Gasteiger partial charge in [0.25, 0.3) is 0 Å². The third-order valence-corrected chi connectivity index (χ3v) is 2.56. The molecule has 0 saturated carbocycles. The van der Waals surface area contributed by atoms with E-state index in [4.69, 9.17) is 5.73 Å². The highest BCUT2D eigenvalue weighted by atomic mass is 16.2. The average Bonchev–Trinajstić information content (AvgIpc) is 2.69. The van der Waals surface area contributed by atoms with Crippen LogP contribution in [-0.4, -0.2) is 32.9 Å². The molecule has 0 aliphatic heterocycles. The summed E-state index contributed by atoms with van der Waals surface area (Å²) in [6.07, 6.45) is 0.959. The quantitative estimate of drug-likeness (QED) is 0.668. The van der Waals surface area contributed by atoms with Crippen molar-refractivity contribution in [2.75, 3.05) is 18.4 Å². The molecule has 4 N–H and O–H groups in total. The molecule has 2 aromatic heterocycles. The third-order valence-electron chi connectivity index (χ3n) is 2.56. The topological polar surface area (TPSA) is 101 Å². The minimum absolute atomic E-state index is 0.335. The number of anilines is 1. The molecule has 0 amide bonds. The highest BCUT2D eigenvalue weighted by Gasteiger charge is 2.04. The first-order chi connectivity index (χ1) is 8.20. The first-order valence-corrected chi connectivity index (χ1v) is 5.59. The number of fused-ring (bicyclic) bond motifs is 1. The van der Waals surface area contributed by atoms with Gasteiger partial charge in [-0.15, -0.1) is 5.10 Å². The fraction of sp³-hybridized carbons (Fsp3) is 0.500. The molecule has 92 valence electrons. The molecule has 0 aromatic carbocycles. The van der Waals surface area contributed by atoms with Crippen molar-refractivity contribution in [3.63, 3.8) is 0 Å². The highest BCUT2D eigenvalue weighted by molar-refractivity contribution is 5.42. The Morgan fingerprint density at radius 2 is 2.41 bits per heavy atom. The van der Waals surface area contributed by atoms with Crippen molar-refractivity contribution >= 4 is 11.5 Å². The van der Waals surface area contributed by atoms with Crippen LogP contribution in [0.3, 0.4) is 0 Å². The summed E-state index contributed by atoms with van der Waals surface area (Å²) in [6.45, 7) is 3.57. The van der Waals surface area contributed by atoms with Crippen molar-refractivity contribution in [3.8, 4) is 0 Å². The summed E-state index contributed by atoms with van der Waals surface area (Å²) in [7, 11) is 0. The van der Waals surface area contributed by atoms with Crippen LogP contribution >= 0.6 is 0 Å². The van der Waals surface area contributed by atoms with Crippen molar-refractivity contribution < 1.29 is 0 Å². The maximum Gasteiger partial charge on any atom is 0.364 e. The number of nitrogens with zero attached hydrogens (tertiary/aromatic N) is 3. The van der Waals surface area contributed by atoms with Gasteiger partial charge in [0, 0.05) is 6.54 Å². The Balaban J connectivity index is 2.08. The van der Waals surface area contributed by atoms with Crippen LogP contribution in [0.15, 0.2) is 16.9 Å². The van der Waals surface area contributed by atoms with Gasteiger partial charge in [-0.2, -0.15) is 9.61 Å². The number of hydrogen-bond acceptors (Lipinski definition) is 5. The van der Waals surface area contributed by atoms with E-state index < -0.39 is 0 Å². The van der Waals surface area contributed by atoms with Gasteiger partial charge in [0.15, 0.2) is 5.65 Å². The number of nitrogens with one attached hydrogen (secondary N) is 2. The third kappa shape index (κ3) is 2.62. The largest absolute Gasteiger partial charge is 0.368 e. The van der Waals surface area contributed by atoms with E-state index in [1.807, 2.05) is 0 Å². The lowest BCUT2D eigenvalue weighted by atomic mass is 10.1. The predicted octanol–water partition coefficient (Wildman–Crippen LogP) is -0.186. The van der Waals surface area contributed by atoms with Crippen molar-refractivity contribution in [1.29, 1.82) is 0 Å². The van der Waals surface area contributed by atoms with E-state index in [9.17, 15) is 4.79 Å². The molecule has 0 aliphatic carbocycles. The summed E-state index contributed by atoms with van der Waals surface area (Å²) < 4.78 is 1.23. The minimum Gasteiger partial charge on any atom is -0.368 e. The second kappa shape index (κ2) is 4.96. The summed E-state index contributed by atoms with van der Waals surface area (Å²) in [5.41, 5.74) is 5.65. The second-order valence-corrected chi connectivity index (χ2v) is 4.08. The van der Waals surface area contributed by atoms with Gasteiger partial charge in [0.05, 0.1) is 0 Å². The Morgan fingerprint density at radius 3 is 3.18 bits per heavy atom. The molecule has 2 aromatic rings. The Hall–Kier alpha value is -1.89. The van der Waals surface area contributed by atoms with Gasteiger partial charge >= 0.3 is 5.69 Å². The fourth-order valence-corrected chi connectivity index (χ4v) is 1.56. The monoisotopic (exact) mass is 236 g/mol. The summed E-state index contributed by atoms with van der Waals surface area (Å²) >= 11 is 0. The number of rotatable bonds is 5. The Bertz CT molecular complexity index is 545. The van der Waals surface area contributed by atoms with Crippen molar-refractivity contribution in [2.45, 2.75) is 13.3 Å². The van der Waals surface area contributed by atoms with E-state index in [-0.39, 0.29) is 5.69 Å². The number of aromatic amines is 1. The number of nitrogens with two attached hydrogens (primary N) is 1. The van der Waals surface area contributed by atoms with Crippen LogP contribution in [0.4, 0.5) is 5.82 Å². The number of hydrogen-bond donors (Lipinski definition) is 3. The van der Waals surface area contributed by atoms with Gasteiger partial charge in [-0.05, 0) is 31.0 Å². The van der Waals surface area contributed by atoms with Gasteiger partial charge in [-0.1, -0.05) is 6.92 Å². The maximum atomic E-state index is 11.3. The Kier molecular flexibility index (Phi) is 3.38. The van der Waals surface area contributed by atoms with Crippen LogP contribution < -0.4 is 16.7 Å². The smallest absolute Gasteiger partial charge is 0.364 e. The standard InChI is InChI=1S/C10H16N6O/c1-7(4-5-11)6-12-8-2-3-9-13-14-10(17)16(9)15-8/h2-3,7H,4-6,11H2,1H3,(H,12,15)(H,14,17). The van der Waals surface area contributed by atoms with Crippen molar-refractivity contribution in [2.24, 2.45) is 11.7 Å². The molecule has 7 nitrogen and oxygen atoms in total. The Morgan fingerprint density at radius 1 is 1.59 bits per heavy atom.